The molecule has 1 atom stereocenters. The number of methoxy groups -OCH3 is 1. The molecule has 1 unspecified atom stereocenters. The molecule has 0 bridgehead atoms. The summed E-state index contributed by atoms with van der Waals surface area (Å²) in [6.07, 6.45) is -1.19. The highest BCUT2D eigenvalue weighted by atomic mass is 16.6. The molecule has 2 aromatic carbocycles. The summed E-state index contributed by atoms with van der Waals surface area (Å²) >= 11 is 0. The van der Waals surface area contributed by atoms with Gasteiger partial charge in [-0.25, -0.2) is 0 Å². The SMILES string of the molecule is CCOc1ccc(OCCC(=O)OC(C)C(=O)Nc2cc([N+](=O)[O-])ccc2OC)cc1. The Bertz CT molecular complexity index is 914. The lowest BCUT2D eigenvalue weighted by Crippen LogP contribution is -2.30. The Morgan fingerprint density at radius 1 is 1.10 bits per heavy atom. The normalized spacial score (nSPS) is 11.2. The van der Waals surface area contributed by atoms with Crippen molar-refractivity contribution in [2.24, 2.45) is 0 Å². The molecule has 0 heterocycles. The molecule has 0 aliphatic rings. The van der Waals surface area contributed by atoms with Crippen LogP contribution in [0.5, 0.6) is 17.2 Å². The first kappa shape index (κ1) is 23.5. The van der Waals surface area contributed by atoms with Gasteiger partial charge in [-0.3, -0.25) is 19.7 Å². The number of amides is 1. The van der Waals surface area contributed by atoms with E-state index < -0.39 is 22.9 Å². The molecule has 166 valence electrons. The van der Waals surface area contributed by atoms with E-state index in [1.807, 2.05) is 6.92 Å². The van der Waals surface area contributed by atoms with Gasteiger partial charge in [-0.15, -0.1) is 0 Å². The highest BCUT2D eigenvalue weighted by molar-refractivity contribution is 5.96. The number of hydrogen-bond donors (Lipinski definition) is 1. The second-order valence-electron chi connectivity index (χ2n) is 6.27. The number of carbonyl (C=O) groups excluding carboxylic acids is 2. The van der Waals surface area contributed by atoms with E-state index in [1.54, 1.807) is 24.3 Å². The number of esters is 1. The standard InChI is InChI=1S/C21H24N2O8/c1-4-29-16-6-8-17(9-7-16)30-12-11-20(24)31-14(2)21(25)22-18-13-15(23(26)27)5-10-19(18)28-3/h5-10,13-14H,4,11-12H2,1-3H3,(H,22,25). The molecule has 0 aliphatic carbocycles. The lowest BCUT2D eigenvalue weighted by Gasteiger charge is -2.15. The number of anilines is 1. The van der Waals surface area contributed by atoms with Gasteiger partial charge in [0.25, 0.3) is 11.6 Å². The van der Waals surface area contributed by atoms with E-state index in [-0.39, 0.29) is 30.2 Å². The first-order valence-electron chi connectivity index (χ1n) is 9.52. The monoisotopic (exact) mass is 432 g/mol. The van der Waals surface area contributed by atoms with Crippen LogP contribution in [0, 0.1) is 10.1 Å². The summed E-state index contributed by atoms with van der Waals surface area (Å²) in [5.74, 6) is 0.245. The van der Waals surface area contributed by atoms with Crippen molar-refractivity contribution in [1.29, 1.82) is 0 Å². The van der Waals surface area contributed by atoms with Gasteiger partial charge >= 0.3 is 5.97 Å². The number of nitrogens with zero attached hydrogens (tertiary/aromatic N) is 1. The van der Waals surface area contributed by atoms with Crippen LogP contribution in [0.15, 0.2) is 42.5 Å². The fraction of sp³-hybridized carbons (Fsp3) is 0.333. The number of ether oxygens (including phenoxy) is 4. The van der Waals surface area contributed by atoms with Crippen LogP contribution < -0.4 is 19.5 Å². The zero-order valence-electron chi connectivity index (χ0n) is 17.5. The van der Waals surface area contributed by atoms with E-state index in [4.69, 9.17) is 18.9 Å². The van der Waals surface area contributed by atoms with Crippen molar-refractivity contribution in [3.8, 4) is 17.2 Å². The molecule has 1 N–H and O–H groups in total. The quantitative estimate of drug-likeness (QED) is 0.325. The minimum atomic E-state index is -1.12. The van der Waals surface area contributed by atoms with Crippen molar-refractivity contribution >= 4 is 23.3 Å². The molecule has 0 aromatic heterocycles. The Hall–Kier alpha value is -3.82. The maximum Gasteiger partial charge on any atom is 0.310 e. The van der Waals surface area contributed by atoms with Crippen molar-refractivity contribution in [2.75, 3.05) is 25.6 Å². The molecule has 1 amide bonds. The van der Waals surface area contributed by atoms with Crippen molar-refractivity contribution in [3.05, 3.63) is 52.6 Å². The summed E-state index contributed by atoms with van der Waals surface area (Å²) in [4.78, 5) is 34.6. The smallest absolute Gasteiger partial charge is 0.310 e. The van der Waals surface area contributed by atoms with E-state index in [9.17, 15) is 19.7 Å². The van der Waals surface area contributed by atoms with Gasteiger partial charge < -0.3 is 24.3 Å². The summed E-state index contributed by atoms with van der Waals surface area (Å²) in [5, 5.41) is 13.4. The molecule has 31 heavy (non-hydrogen) atoms. The van der Waals surface area contributed by atoms with E-state index in [0.29, 0.717) is 12.4 Å². The lowest BCUT2D eigenvalue weighted by molar-refractivity contribution is -0.384. The Balaban J connectivity index is 1.83. The van der Waals surface area contributed by atoms with Gasteiger partial charge in [0.1, 0.15) is 17.2 Å². The Morgan fingerprint density at radius 3 is 2.32 bits per heavy atom. The van der Waals surface area contributed by atoms with Crippen LogP contribution in [-0.2, 0) is 14.3 Å². The van der Waals surface area contributed by atoms with Crippen LogP contribution in [0.1, 0.15) is 20.3 Å². The fourth-order valence-corrected chi connectivity index (χ4v) is 2.50. The zero-order chi connectivity index (χ0) is 22.8. The van der Waals surface area contributed by atoms with Crippen LogP contribution in [0.25, 0.3) is 0 Å². The van der Waals surface area contributed by atoms with Crippen LogP contribution in [-0.4, -0.2) is 43.2 Å². The first-order valence-corrected chi connectivity index (χ1v) is 9.52. The Labute approximate surface area is 179 Å². The molecular formula is C21H24N2O8. The van der Waals surface area contributed by atoms with E-state index >= 15 is 0 Å². The van der Waals surface area contributed by atoms with Gasteiger partial charge in [0.2, 0.25) is 0 Å². The summed E-state index contributed by atoms with van der Waals surface area (Å²) in [6, 6.07) is 10.7. The number of hydrogen-bond acceptors (Lipinski definition) is 8. The summed E-state index contributed by atoms with van der Waals surface area (Å²) in [6.45, 7) is 3.91. The van der Waals surface area contributed by atoms with Gasteiger partial charge in [0.05, 0.1) is 37.4 Å². The third-order valence-corrected chi connectivity index (χ3v) is 4.04. The second kappa shape index (κ2) is 11.4. The van der Waals surface area contributed by atoms with E-state index in [2.05, 4.69) is 5.32 Å². The lowest BCUT2D eigenvalue weighted by atomic mass is 10.2. The topological polar surface area (TPSA) is 126 Å². The average molecular weight is 432 g/mol. The van der Waals surface area contributed by atoms with Gasteiger partial charge in [0.15, 0.2) is 6.10 Å². The minimum Gasteiger partial charge on any atom is -0.495 e. The third-order valence-electron chi connectivity index (χ3n) is 4.04. The molecule has 0 fully saturated rings. The fourth-order valence-electron chi connectivity index (χ4n) is 2.50. The second-order valence-corrected chi connectivity index (χ2v) is 6.27. The zero-order valence-corrected chi connectivity index (χ0v) is 17.5. The Morgan fingerprint density at radius 2 is 1.74 bits per heavy atom. The molecule has 0 spiro atoms. The van der Waals surface area contributed by atoms with Gasteiger partial charge in [-0.2, -0.15) is 0 Å². The molecule has 2 aromatic rings. The molecular weight excluding hydrogens is 408 g/mol. The maximum absolute atomic E-state index is 12.3. The van der Waals surface area contributed by atoms with Gasteiger partial charge in [-0.05, 0) is 44.2 Å². The van der Waals surface area contributed by atoms with E-state index in [0.717, 1.165) is 11.8 Å². The van der Waals surface area contributed by atoms with Gasteiger partial charge in [-0.1, -0.05) is 0 Å². The molecule has 10 nitrogen and oxygen atoms in total. The van der Waals surface area contributed by atoms with Crippen molar-refractivity contribution < 1.29 is 33.5 Å². The molecule has 10 heteroatoms. The first-order chi connectivity index (χ1) is 14.8. The third kappa shape index (κ3) is 7.18. The van der Waals surface area contributed by atoms with E-state index in [1.165, 1.54) is 26.2 Å². The van der Waals surface area contributed by atoms with Crippen molar-refractivity contribution in [2.45, 2.75) is 26.4 Å². The molecule has 0 aliphatic heterocycles. The number of nitrogens with one attached hydrogen (secondary N) is 1. The van der Waals surface area contributed by atoms with Crippen LogP contribution >= 0.6 is 0 Å². The average Bonchev–Trinajstić information content (AvgIpc) is 2.75. The largest absolute Gasteiger partial charge is 0.495 e. The maximum atomic E-state index is 12.3. The predicted octanol–water partition coefficient (Wildman–Crippen LogP) is 3.34. The minimum absolute atomic E-state index is 0.0645. The van der Waals surface area contributed by atoms with Crippen LogP contribution in [0.4, 0.5) is 11.4 Å². The number of benzene rings is 2. The number of rotatable bonds is 11. The highest BCUT2D eigenvalue weighted by Crippen LogP contribution is 2.29. The number of carbonyl (C=O) groups is 2. The van der Waals surface area contributed by atoms with Crippen molar-refractivity contribution in [3.63, 3.8) is 0 Å². The van der Waals surface area contributed by atoms with Gasteiger partial charge in [0, 0.05) is 12.1 Å². The summed E-state index contributed by atoms with van der Waals surface area (Å²) < 4.78 is 21.0. The molecule has 0 radical (unpaired) electrons. The number of nitro benzene ring substituents is 1. The predicted molar refractivity (Wildman–Crippen MR) is 112 cm³/mol. The van der Waals surface area contributed by atoms with Crippen molar-refractivity contribution in [1.82, 2.24) is 0 Å². The number of non-ortho nitro benzene ring substituents is 1. The highest BCUT2D eigenvalue weighted by Gasteiger charge is 2.20. The van der Waals surface area contributed by atoms with Crippen LogP contribution in [0.3, 0.4) is 0 Å². The molecule has 2 rings (SSSR count). The Kier molecular flexibility index (Phi) is 8.62. The molecule has 0 saturated heterocycles. The molecule has 0 saturated carbocycles. The van der Waals surface area contributed by atoms with Crippen LogP contribution in [0.2, 0.25) is 0 Å². The summed E-state index contributed by atoms with van der Waals surface area (Å²) in [5.41, 5.74) is -0.115. The summed E-state index contributed by atoms with van der Waals surface area (Å²) in [7, 11) is 1.37. The number of nitro groups is 1.